The van der Waals surface area contributed by atoms with Crippen molar-refractivity contribution in [2.45, 2.75) is 38.8 Å². The summed E-state index contributed by atoms with van der Waals surface area (Å²) in [7, 11) is 1.19. The summed E-state index contributed by atoms with van der Waals surface area (Å²) in [6.07, 6.45) is 2.23. The number of likely N-dealkylation sites (tertiary alicyclic amines) is 2. The number of alkyl halides is 1. The number of piperidine rings is 2. The quantitative estimate of drug-likeness (QED) is 0.737. The third-order valence-electron chi connectivity index (χ3n) is 4.83. The van der Waals surface area contributed by atoms with E-state index >= 15 is 0 Å². The predicted molar refractivity (Wildman–Crippen MR) is 81.1 cm³/mol. The SMILES string of the molecule is COC(=O)[C@@H](F)CN1CCC[C@H](C(=O)N2CCC(C)CC2)C1. The molecule has 2 aliphatic heterocycles. The van der Waals surface area contributed by atoms with Crippen molar-refractivity contribution in [3.05, 3.63) is 0 Å². The van der Waals surface area contributed by atoms with Crippen LogP contribution in [-0.4, -0.2) is 67.7 Å². The van der Waals surface area contributed by atoms with Crippen LogP contribution in [-0.2, 0) is 14.3 Å². The first kappa shape index (κ1) is 17.2. The zero-order valence-electron chi connectivity index (χ0n) is 13.6. The van der Waals surface area contributed by atoms with Crippen LogP contribution in [0.25, 0.3) is 0 Å². The molecule has 2 atom stereocenters. The summed E-state index contributed by atoms with van der Waals surface area (Å²) in [4.78, 5) is 27.6. The van der Waals surface area contributed by atoms with E-state index in [0.29, 0.717) is 12.5 Å². The number of esters is 1. The van der Waals surface area contributed by atoms with Crippen LogP contribution in [0.5, 0.6) is 0 Å². The van der Waals surface area contributed by atoms with Crippen molar-refractivity contribution in [2.75, 3.05) is 39.8 Å². The van der Waals surface area contributed by atoms with E-state index in [1.54, 1.807) is 0 Å². The van der Waals surface area contributed by atoms with Gasteiger partial charge in [-0.15, -0.1) is 0 Å². The van der Waals surface area contributed by atoms with Gasteiger partial charge in [0.05, 0.1) is 13.0 Å². The molecule has 0 aromatic rings. The molecule has 2 fully saturated rings. The fourth-order valence-corrected chi connectivity index (χ4v) is 3.34. The fourth-order valence-electron chi connectivity index (χ4n) is 3.34. The number of nitrogens with zero attached hydrogens (tertiary/aromatic N) is 2. The second-order valence-electron chi connectivity index (χ2n) is 6.60. The van der Waals surface area contributed by atoms with Crippen LogP contribution < -0.4 is 0 Å². The van der Waals surface area contributed by atoms with Gasteiger partial charge in [-0.3, -0.25) is 9.69 Å². The summed E-state index contributed by atoms with van der Waals surface area (Å²) >= 11 is 0. The molecule has 2 aliphatic rings. The Kier molecular flexibility index (Phi) is 6.17. The third-order valence-corrected chi connectivity index (χ3v) is 4.83. The van der Waals surface area contributed by atoms with Gasteiger partial charge < -0.3 is 9.64 Å². The maximum atomic E-state index is 13.7. The lowest BCUT2D eigenvalue weighted by molar-refractivity contribution is -0.147. The lowest BCUT2D eigenvalue weighted by Gasteiger charge is -2.37. The largest absolute Gasteiger partial charge is 0.467 e. The van der Waals surface area contributed by atoms with Crippen LogP contribution in [0.4, 0.5) is 4.39 Å². The molecule has 0 aromatic carbocycles. The Morgan fingerprint density at radius 2 is 1.91 bits per heavy atom. The van der Waals surface area contributed by atoms with Gasteiger partial charge >= 0.3 is 5.97 Å². The summed E-state index contributed by atoms with van der Waals surface area (Å²) < 4.78 is 18.1. The summed E-state index contributed by atoms with van der Waals surface area (Å²) in [6, 6.07) is 0. The molecule has 0 N–H and O–H groups in total. The van der Waals surface area contributed by atoms with Crippen LogP contribution in [0.2, 0.25) is 0 Å². The van der Waals surface area contributed by atoms with E-state index in [9.17, 15) is 14.0 Å². The van der Waals surface area contributed by atoms with Gasteiger partial charge in [-0.25, -0.2) is 9.18 Å². The molecule has 2 rings (SSSR count). The van der Waals surface area contributed by atoms with E-state index in [2.05, 4.69) is 11.7 Å². The van der Waals surface area contributed by atoms with Crippen molar-refractivity contribution in [3.8, 4) is 0 Å². The molecule has 0 aromatic heterocycles. The third kappa shape index (κ3) is 4.41. The standard InChI is InChI=1S/C16H27FN2O3/c1-12-5-8-19(9-6-12)15(20)13-4-3-7-18(10-13)11-14(17)16(21)22-2/h12-14H,3-11H2,1-2H3/t13-,14-/m0/s1. The van der Waals surface area contributed by atoms with Gasteiger partial charge in [0.2, 0.25) is 12.1 Å². The van der Waals surface area contributed by atoms with Gasteiger partial charge in [-0.1, -0.05) is 6.92 Å². The Morgan fingerprint density at radius 1 is 1.23 bits per heavy atom. The van der Waals surface area contributed by atoms with E-state index in [4.69, 9.17) is 0 Å². The smallest absolute Gasteiger partial charge is 0.341 e. The molecule has 0 bridgehead atoms. The maximum Gasteiger partial charge on any atom is 0.341 e. The van der Waals surface area contributed by atoms with Crippen LogP contribution >= 0.6 is 0 Å². The minimum Gasteiger partial charge on any atom is -0.467 e. The Balaban J connectivity index is 1.84. The number of methoxy groups -OCH3 is 1. The van der Waals surface area contributed by atoms with E-state index in [-0.39, 0.29) is 18.4 Å². The highest BCUT2D eigenvalue weighted by molar-refractivity contribution is 5.79. The molecule has 2 heterocycles. The van der Waals surface area contributed by atoms with Crippen molar-refractivity contribution < 1.29 is 18.7 Å². The van der Waals surface area contributed by atoms with Crippen LogP contribution in [0.1, 0.15) is 32.6 Å². The van der Waals surface area contributed by atoms with Gasteiger partial charge in [0.1, 0.15) is 0 Å². The lowest BCUT2D eigenvalue weighted by atomic mass is 9.93. The van der Waals surface area contributed by atoms with Crippen LogP contribution in [0.3, 0.4) is 0 Å². The number of carbonyl (C=O) groups is 2. The van der Waals surface area contributed by atoms with Crippen LogP contribution in [0, 0.1) is 11.8 Å². The van der Waals surface area contributed by atoms with Crippen molar-refractivity contribution in [1.82, 2.24) is 9.80 Å². The molecule has 0 radical (unpaired) electrons. The number of carbonyl (C=O) groups excluding carboxylic acids is 2. The molecule has 0 saturated carbocycles. The van der Waals surface area contributed by atoms with E-state index in [0.717, 1.165) is 45.3 Å². The van der Waals surface area contributed by atoms with Gasteiger partial charge in [-0.2, -0.15) is 0 Å². The second kappa shape index (κ2) is 7.90. The van der Waals surface area contributed by atoms with E-state index in [1.807, 2.05) is 9.80 Å². The minimum atomic E-state index is -1.63. The highest BCUT2D eigenvalue weighted by atomic mass is 19.1. The number of rotatable bonds is 4. The number of hydrogen-bond donors (Lipinski definition) is 0. The van der Waals surface area contributed by atoms with Gasteiger partial charge in [0.15, 0.2) is 0 Å². The average molecular weight is 314 g/mol. The molecule has 0 unspecified atom stereocenters. The summed E-state index contributed by atoms with van der Waals surface area (Å²) in [5, 5.41) is 0. The Bertz CT molecular complexity index is 397. The number of hydrogen-bond acceptors (Lipinski definition) is 4. The van der Waals surface area contributed by atoms with Crippen molar-refractivity contribution in [2.24, 2.45) is 11.8 Å². The molecule has 1 amide bonds. The fraction of sp³-hybridized carbons (Fsp3) is 0.875. The zero-order valence-corrected chi connectivity index (χ0v) is 13.6. The molecule has 0 spiro atoms. The molecule has 126 valence electrons. The summed E-state index contributed by atoms with van der Waals surface area (Å²) in [6.45, 7) is 5.20. The topological polar surface area (TPSA) is 49.9 Å². The first-order chi connectivity index (χ1) is 10.5. The first-order valence-electron chi connectivity index (χ1n) is 8.24. The predicted octanol–water partition coefficient (Wildman–Crippen LogP) is 1.47. The number of halogens is 1. The highest BCUT2D eigenvalue weighted by Gasteiger charge is 2.32. The highest BCUT2D eigenvalue weighted by Crippen LogP contribution is 2.23. The van der Waals surface area contributed by atoms with Crippen LogP contribution in [0.15, 0.2) is 0 Å². The molecule has 2 saturated heterocycles. The number of amides is 1. The van der Waals surface area contributed by atoms with Crippen molar-refractivity contribution in [1.29, 1.82) is 0 Å². The number of ether oxygens (including phenoxy) is 1. The first-order valence-corrected chi connectivity index (χ1v) is 8.24. The van der Waals surface area contributed by atoms with Crippen molar-refractivity contribution in [3.63, 3.8) is 0 Å². The second-order valence-corrected chi connectivity index (χ2v) is 6.60. The lowest BCUT2D eigenvalue weighted by Crippen LogP contribution is -2.48. The molecule has 0 aliphatic carbocycles. The minimum absolute atomic E-state index is 0.0213. The maximum absolute atomic E-state index is 13.7. The molecule has 22 heavy (non-hydrogen) atoms. The van der Waals surface area contributed by atoms with E-state index < -0.39 is 12.1 Å². The van der Waals surface area contributed by atoms with Gasteiger partial charge in [0.25, 0.3) is 0 Å². The van der Waals surface area contributed by atoms with E-state index in [1.165, 1.54) is 7.11 Å². The van der Waals surface area contributed by atoms with Crippen molar-refractivity contribution >= 4 is 11.9 Å². The normalized spacial score (nSPS) is 25.8. The molecular weight excluding hydrogens is 287 g/mol. The Morgan fingerprint density at radius 3 is 2.55 bits per heavy atom. The summed E-state index contributed by atoms with van der Waals surface area (Å²) in [5.41, 5.74) is 0. The van der Waals surface area contributed by atoms with Gasteiger partial charge in [-0.05, 0) is 38.1 Å². The molecule has 5 nitrogen and oxygen atoms in total. The Hall–Kier alpha value is -1.17. The zero-order chi connectivity index (χ0) is 16.1. The molecular formula is C16H27FN2O3. The molecule has 6 heteroatoms. The van der Waals surface area contributed by atoms with Gasteiger partial charge in [0, 0.05) is 26.2 Å². The Labute approximate surface area is 131 Å². The summed E-state index contributed by atoms with van der Waals surface area (Å²) in [5.74, 6) is -0.00481. The average Bonchev–Trinajstić information content (AvgIpc) is 2.54. The monoisotopic (exact) mass is 314 g/mol.